The van der Waals surface area contributed by atoms with Gasteiger partial charge in [-0.1, -0.05) is 0 Å². The quantitative estimate of drug-likeness (QED) is 0.730. The number of aliphatic hydroxyl groups is 1. The van der Waals surface area contributed by atoms with Crippen molar-refractivity contribution in [2.24, 2.45) is 0 Å². The summed E-state index contributed by atoms with van der Waals surface area (Å²) in [6.07, 6.45) is 2.51. The zero-order chi connectivity index (χ0) is 16.6. The van der Waals surface area contributed by atoms with Gasteiger partial charge in [0.15, 0.2) is 0 Å². The monoisotopic (exact) mass is 324 g/mol. The molecule has 0 atom stereocenters. The van der Waals surface area contributed by atoms with Crippen LogP contribution in [0.25, 0.3) is 11.0 Å². The highest BCUT2D eigenvalue weighted by Crippen LogP contribution is 2.27. The van der Waals surface area contributed by atoms with Gasteiger partial charge >= 0.3 is 0 Å². The van der Waals surface area contributed by atoms with E-state index in [0.717, 1.165) is 17.3 Å². The number of ether oxygens (including phenoxy) is 2. The molecule has 0 aliphatic carbocycles. The van der Waals surface area contributed by atoms with E-state index >= 15 is 0 Å². The average molecular weight is 324 g/mol. The molecule has 2 heterocycles. The number of aromatic nitrogens is 2. The number of hydrogen-bond acceptors (Lipinski definition) is 5. The summed E-state index contributed by atoms with van der Waals surface area (Å²) in [6.45, 7) is 1.11. The minimum absolute atomic E-state index is 0.339. The number of nitrogens with zero attached hydrogens (tertiary/aromatic N) is 2. The molecule has 3 aromatic rings. The summed E-state index contributed by atoms with van der Waals surface area (Å²) in [4.78, 5) is 15.0. The van der Waals surface area contributed by atoms with Crippen LogP contribution in [0.3, 0.4) is 0 Å². The minimum atomic E-state index is -0.824. The lowest BCUT2D eigenvalue weighted by Crippen LogP contribution is -2.52. The van der Waals surface area contributed by atoms with Crippen LogP contribution >= 0.6 is 0 Å². The second kappa shape index (κ2) is 5.74. The summed E-state index contributed by atoms with van der Waals surface area (Å²) in [7, 11) is 0. The molecule has 0 unspecified atom stereocenters. The fourth-order valence-corrected chi connectivity index (χ4v) is 2.72. The maximum Gasteiger partial charge on any atom is 0.150 e. The molecule has 0 saturated carbocycles. The molecule has 0 radical (unpaired) electrons. The van der Waals surface area contributed by atoms with E-state index in [-0.39, 0.29) is 0 Å². The van der Waals surface area contributed by atoms with Gasteiger partial charge in [-0.2, -0.15) is 0 Å². The third-order valence-corrected chi connectivity index (χ3v) is 4.05. The number of hydrogen-bond donors (Lipinski definition) is 1. The number of carbonyl (C=O) groups excluding carboxylic acids is 1. The molecule has 0 amide bonds. The smallest absolute Gasteiger partial charge is 0.150 e. The number of rotatable bonds is 5. The first-order valence-corrected chi connectivity index (χ1v) is 7.63. The van der Waals surface area contributed by atoms with Crippen molar-refractivity contribution in [3.63, 3.8) is 0 Å². The number of aldehydes is 1. The van der Waals surface area contributed by atoms with Gasteiger partial charge in [0.2, 0.25) is 0 Å². The van der Waals surface area contributed by atoms with Crippen molar-refractivity contribution in [1.82, 2.24) is 9.55 Å². The summed E-state index contributed by atoms with van der Waals surface area (Å²) in [5.74, 6) is 1.32. The maximum atomic E-state index is 10.7. The van der Waals surface area contributed by atoms with Gasteiger partial charge < -0.3 is 19.1 Å². The summed E-state index contributed by atoms with van der Waals surface area (Å²) in [5.41, 5.74) is 1.50. The van der Waals surface area contributed by atoms with Crippen molar-refractivity contribution in [2.75, 3.05) is 13.2 Å². The molecule has 0 bridgehead atoms. The predicted octanol–water partition coefficient (Wildman–Crippen LogP) is 2.40. The molecule has 1 aliphatic heterocycles. The predicted molar refractivity (Wildman–Crippen MR) is 87.4 cm³/mol. The second-order valence-electron chi connectivity index (χ2n) is 6.03. The molecule has 0 spiro atoms. The Morgan fingerprint density at radius 3 is 2.62 bits per heavy atom. The molecular weight excluding hydrogens is 308 g/mol. The molecule has 1 aromatic heterocycles. The molecule has 1 saturated heterocycles. The molecule has 6 heteroatoms. The van der Waals surface area contributed by atoms with E-state index in [2.05, 4.69) is 4.98 Å². The number of imidazole rings is 1. The molecule has 24 heavy (non-hydrogen) atoms. The van der Waals surface area contributed by atoms with Crippen LogP contribution in [0.2, 0.25) is 0 Å². The van der Waals surface area contributed by atoms with Crippen molar-refractivity contribution in [3.05, 3.63) is 54.4 Å². The Hall–Kier alpha value is -2.70. The van der Waals surface area contributed by atoms with E-state index in [0.29, 0.717) is 36.8 Å². The molecule has 2 aromatic carbocycles. The lowest BCUT2D eigenvalue weighted by atomic mass is 10.0. The fraction of sp³-hybridized carbons (Fsp3) is 0.222. The van der Waals surface area contributed by atoms with Crippen molar-refractivity contribution < 1.29 is 19.4 Å². The third-order valence-electron chi connectivity index (χ3n) is 4.05. The fourth-order valence-electron chi connectivity index (χ4n) is 2.72. The third kappa shape index (κ3) is 2.77. The van der Waals surface area contributed by atoms with Crippen LogP contribution in [0, 0.1) is 0 Å². The van der Waals surface area contributed by atoms with Gasteiger partial charge in [-0.25, -0.2) is 4.98 Å². The zero-order valence-electron chi connectivity index (χ0n) is 12.9. The van der Waals surface area contributed by atoms with Gasteiger partial charge in [0, 0.05) is 11.6 Å². The van der Waals surface area contributed by atoms with Crippen LogP contribution < -0.4 is 4.74 Å². The van der Waals surface area contributed by atoms with Crippen LogP contribution in [-0.2, 0) is 11.3 Å². The first-order chi connectivity index (χ1) is 11.6. The first kappa shape index (κ1) is 14.9. The second-order valence-corrected chi connectivity index (χ2v) is 6.03. The van der Waals surface area contributed by atoms with E-state index in [1.807, 2.05) is 22.8 Å². The highest BCUT2D eigenvalue weighted by molar-refractivity contribution is 5.77. The molecule has 4 rings (SSSR count). The Morgan fingerprint density at radius 2 is 1.96 bits per heavy atom. The average Bonchev–Trinajstić information content (AvgIpc) is 2.96. The van der Waals surface area contributed by atoms with Crippen LogP contribution in [-0.4, -0.2) is 39.8 Å². The standard InChI is InChI=1S/C18H16N2O4/c21-8-13-1-3-14(4-2-13)24-15-5-6-16-17(7-15)20(12-19-16)9-18(22)10-23-11-18/h1-8,12,22H,9-11H2. The lowest BCUT2D eigenvalue weighted by molar-refractivity contribution is -0.184. The van der Waals surface area contributed by atoms with Crippen molar-refractivity contribution in [3.8, 4) is 11.5 Å². The van der Waals surface area contributed by atoms with Crippen LogP contribution in [0.15, 0.2) is 48.8 Å². The minimum Gasteiger partial charge on any atom is -0.457 e. The molecule has 1 fully saturated rings. The zero-order valence-corrected chi connectivity index (χ0v) is 12.9. The van der Waals surface area contributed by atoms with Crippen LogP contribution in [0.4, 0.5) is 0 Å². The van der Waals surface area contributed by atoms with Crippen LogP contribution in [0.1, 0.15) is 10.4 Å². The Balaban J connectivity index is 1.60. The Morgan fingerprint density at radius 1 is 1.21 bits per heavy atom. The van der Waals surface area contributed by atoms with E-state index in [1.165, 1.54) is 0 Å². The largest absolute Gasteiger partial charge is 0.457 e. The topological polar surface area (TPSA) is 73.6 Å². The SMILES string of the molecule is O=Cc1ccc(Oc2ccc3ncn(CC4(O)COC4)c3c2)cc1. The van der Waals surface area contributed by atoms with Gasteiger partial charge in [0.1, 0.15) is 23.4 Å². The Bertz CT molecular complexity index is 882. The lowest BCUT2D eigenvalue weighted by Gasteiger charge is -2.36. The van der Waals surface area contributed by atoms with E-state index in [1.54, 1.807) is 30.6 Å². The molecular formula is C18H16N2O4. The Kier molecular flexibility index (Phi) is 3.55. The van der Waals surface area contributed by atoms with Gasteiger partial charge in [-0.15, -0.1) is 0 Å². The summed E-state index contributed by atoms with van der Waals surface area (Å²) >= 11 is 0. The maximum absolute atomic E-state index is 10.7. The van der Waals surface area contributed by atoms with Crippen LogP contribution in [0.5, 0.6) is 11.5 Å². The van der Waals surface area contributed by atoms with E-state index in [4.69, 9.17) is 9.47 Å². The summed E-state index contributed by atoms with van der Waals surface area (Å²) in [5, 5.41) is 10.3. The normalized spacial score (nSPS) is 15.9. The highest BCUT2D eigenvalue weighted by Gasteiger charge is 2.36. The van der Waals surface area contributed by atoms with Crippen molar-refractivity contribution in [2.45, 2.75) is 12.1 Å². The molecule has 122 valence electrons. The van der Waals surface area contributed by atoms with E-state index in [9.17, 15) is 9.90 Å². The van der Waals surface area contributed by atoms with Gasteiger partial charge in [-0.3, -0.25) is 4.79 Å². The molecule has 1 N–H and O–H groups in total. The summed E-state index contributed by atoms with van der Waals surface area (Å²) < 4.78 is 12.8. The molecule has 6 nitrogen and oxygen atoms in total. The highest BCUT2D eigenvalue weighted by atomic mass is 16.5. The summed E-state index contributed by atoms with van der Waals surface area (Å²) in [6, 6.07) is 12.5. The number of benzene rings is 2. The van der Waals surface area contributed by atoms with Crippen molar-refractivity contribution in [1.29, 1.82) is 0 Å². The molecule has 1 aliphatic rings. The first-order valence-electron chi connectivity index (χ1n) is 7.63. The Labute approximate surface area is 138 Å². The van der Waals surface area contributed by atoms with Gasteiger partial charge in [-0.05, 0) is 36.4 Å². The van der Waals surface area contributed by atoms with E-state index < -0.39 is 5.60 Å². The van der Waals surface area contributed by atoms with Crippen molar-refractivity contribution >= 4 is 17.3 Å². The van der Waals surface area contributed by atoms with Gasteiger partial charge in [0.05, 0.1) is 37.1 Å². The van der Waals surface area contributed by atoms with Gasteiger partial charge in [0.25, 0.3) is 0 Å². The number of fused-ring (bicyclic) bond motifs is 1. The number of carbonyl (C=O) groups is 1.